The fourth-order valence-corrected chi connectivity index (χ4v) is 5.16. The molecule has 1 amide bonds. The van der Waals surface area contributed by atoms with Crippen molar-refractivity contribution < 1.29 is 17.6 Å². The Kier molecular flexibility index (Phi) is 5.95. The molecule has 3 rings (SSSR count). The zero-order valence-electron chi connectivity index (χ0n) is 14.3. The summed E-state index contributed by atoms with van der Waals surface area (Å²) in [5, 5.41) is 4.36. The molecule has 0 fully saturated rings. The van der Waals surface area contributed by atoms with Gasteiger partial charge in [0.1, 0.15) is 15.6 Å². The molecule has 2 aromatic carbocycles. The van der Waals surface area contributed by atoms with Gasteiger partial charge in [-0.25, -0.2) is 12.8 Å². The fourth-order valence-electron chi connectivity index (χ4n) is 2.37. The van der Waals surface area contributed by atoms with E-state index in [0.29, 0.717) is 10.7 Å². The van der Waals surface area contributed by atoms with Crippen LogP contribution in [0, 0.1) is 5.82 Å². The van der Waals surface area contributed by atoms with E-state index in [9.17, 15) is 17.6 Å². The SMILES string of the molecule is CN(c1ccc(Cl)cc1)S(=O)(=O)c1ccsc1C(=O)Nc1ccc(F)c(Cl)c1. The fraction of sp³-hybridized carbons (Fsp3) is 0.0556. The van der Waals surface area contributed by atoms with Crippen LogP contribution < -0.4 is 9.62 Å². The summed E-state index contributed by atoms with van der Waals surface area (Å²) in [5.41, 5.74) is 0.645. The summed E-state index contributed by atoms with van der Waals surface area (Å²) in [5.74, 6) is -1.26. The van der Waals surface area contributed by atoms with Gasteiger partial charge in [0.15, 0.2) is 0 Å². The molecule has 1 N–H and O–H groups in total. The Balaban J connectivity index is 1.90. The van der Waals surface area contributed by atoms with Crippen LogP contribution in [0.2, 0.25) is 10.0 Å². The Morgan fingerprint density at radius 2 is 1.79 bits per heavy atom. The molecule has 0 saturated heterocycles. The van der Waals surface area contributed by atoms with E-state index in [1.807, 2.05) is 0 Å². The highest BCUT2D eigenvalue weighted by Crippen LogP contribution is 2.29. The van der Waals surface area contributed by atoms with Gasteiger partial charge < -0.3 is 5.32 Å². The lowest BCUT2D eigenvalue weighted by Crippen LogP contribution is -2.28. The minimum Gasteiger partial charge on any atom is -0.321 e. The third-order valence-corrected chi connectivity index (χ3v) is 7.25. The van der Waals surface area contributed by atoms with E-state index >= 15 is 0 Å². The van der Waals surface area contributed by atoms with Crippen molar-refractivity contribution >= 4 is 61.8 Å². The van der Waals surface area contributed by atoms with Crippen LogP contribution in [0.5, 0.6) is 0 Å². The van der Waals surface area contributed by atoms with Gasteiger partial charge in [0.2, 0.25) is 0 Å². The maximum absolute atomic E-state index is 13.3. The topological polar surface area (TPSA) is 66.5 Å². The molecule has 0 aliphatic carbocycles. The third-order valence-electron chi connectivity index (χ3n) is 3.84. The lowest BCUT2D eigenvalue weighted by Gasteiger charge is -2.19. The van der Waals surface area contributed by atoms with Crippen molar-refractivity contribution in [3.8, 4) is 0 Å². The molecule has 0 aliphatic heterocycles. The number of hydrogen-bond donors (Lipinski definition) is 1. The van der Waals surface area contributed by atoms with Gasteiger partial charge in [-0.2, -0.15) is 0 Å². The first-order chi connectivity index (χ1) is 13.2. The van der Waals surface area contributed by atoms with Gasteiger partial charge in [0.05, 0.1) is 10.7 Å². The molecule has 3 aromatic rings. The number of rotatable bonds is 5. The molecule has 5 nitrogen and oxygen atoms in total. The Morgan fingerprint density at radius 1 is 1.11 bits per heavy atom. The molecular weight excluding hydrogens is 446 g/mol. The smallest absolute Gasteiger partial charge is 0.267 e. The monoisotopic (exact) mass is 458 g/mol. The van der Waals surface area contributed by atoms with Gasteiger partial charge in [-0.3, -0.25) is 9.10 Å². The van der Waals surface area contributed by atoms with Crippen LogP contribution in [0.3, 0.4) is 0 Å². The van der Waals surface area contributed by atoms with Crippen molar-refractivity contribution in [3.63, 3.8) is 0 Å². The van der Waals surface area contributed by atoms with Crippen LogP contribution in [0.1, 0.15) is 9.67 Å². The summed E-state index contributed by atoms with van der Waals surface area (Å²) in [6.07, 6.45) is 0. The molecule has 0 radical (unpaired) electrons. The number of thiophene rings is 1. The third kappa shape index (κ3) is 4.15. The van der Waals surface area contributed by atoms with E-state index in [1.165, 1.54) is 30.6 Å². The second kappa shape index (κ2) is 8.08. The molecule has 146 valence electrons. The molecule has 0 spiro atoms. The minimum atomic E-state index is -3.99. The Labute approximate surface area is 175 Å². The highest BCUT2D eigenvalue weighted by molar-refractivity contribution is 7.93. The summed E-state index contributed by atoms with van der Waals surface area (Å²) in [7, 11) is -2.60. The van der Waals surface area contributed by atoms with Gasteiger partial charge >= 0.3 is 0 Å². The maximum Gasteiger partial charge on any atom is 0.267 e. The zero-order chi connectivity index (χ0) is 20.5. The van der Waals surface area contributed by atoms with E-state index in [2.05, 4.69) is 5.32 Å². The van der Waals surface area contributed by atoms with Gasteiger partial charge in [-0.15, -0.1) is 11.3 Å². The molecule has 28 heavy (non-hydrogen) atoms. The molecule has 1 aromatic heterocycles. The second-order valence-electron chi connectivity index (χ2n) is 5.65. The molecule has 0 unspecified atom stereocenters. The highest BCUT2D eigenvalue weighted by Gasteiger charge is 2.28. The average molecular weight is 459 g/mol. The van der Waals surface area contributed by atoms with Gasteiger partial charge in [-0.05, 0) is 53.9 Å². The number of amides is 1. The first kappa shape index (κ1) is 20.6. The summed E-state index contributed by atoms with van der Waals surface area (Å²) in [6, 6.07) is 11.3. The number of nitrogens with one attached hydrogen (secondary N) is 1. The van der Waals surface area contributed by atoms with Gasteiger partial charge in [0, 0.05) is 17.8 Å². The van der Waals surface area contributed by atoms with Crippen LogP contribution in [0.25, 0.3) is 0 Å². The number of carbonyl (C=O) groups excluding carboxylic acids is 1. The number of hydrogen-bond acceptors (Lipinski definition) is 4. The van der Waals surface area contributed by atoms with Crippen molar-refractivity contribution in [2.24, 2.45) is 0 Å². The molecule has 0 saturated carbocycles. The van der Waals surface area contributed by atoms with E-state index < -0.39 is 21.7 Å². The van der Waals surface area contributed by atoms with E-state index in [1.54, 1.807) is 24.3 Å². The summed E-state index contributed by atoms with van der Waals surface area (Å²) < 4.78 is 40.3. The van der Waals surface area contributed by atoms with E-state index in [4.69, 9.17) is 23.2 Å². The number of sulfonamides is 1. The van der Waals surface area contributed by atoms with Crippen LogP contribution in [-0.2, 0) is 10.0 Å². The van der Waals surface area contributed by atoms with Crippen molar-refractivity contribution in [2.75, 3.05) is 16.7 Å². The van der Waals surface area contributed by atoms with Crippen LogP contribution in [-0.4, -0.2) is 21.4 Å². The lowest BCUT2D eigenvalue weighted by molar-refractivity contribution is 0.102. The largest absolute Gasteiger partial charge is 0.321 e. The highest BCUT2D eigenvalue weighted by atomic mass is 35.5. The molecule has 1 heterocycles. The predicted octanol–water partition coefficient (Wildman–Crippen LogP) is 5.27. The number of nitrogens with zero attached hydrogens (tertiary/aromatic N) is 1. The molecule has 0 bridgehead atoms. The van der Waals surface area contributed by atoms with E-state index in [-0.39, 0.29) is 20.5 Å². The van der Waals surface area contributed by atoms with Gasteiger partial charge in [0.25, 0.3) is 15.9 Å². The van der Waals surface area contributed by atoms with Crippen molar-refractivity contribution in [3.05, 3.63) is 74.7 Å². The summed E-state index contributed by atoms with van der Waals surface area (Å²) >= 11 is 12.5. The number of anilines is 2. The van der Waals surface area contributed by atoms with E-state index in [0.717, 1.165) is 21.7 Å². The maximum atomic E-state index is 13.3. The normalized spacial score (nSPS) is 11.3. The molecule has 0 atom stereocenters. The lowest BCUT2D eigenvalue weighted by atomic mass is 10.3. The zero-order valence-corrected chi connectivity index (χ0v) is 17.5. The number of carbonyl (C=O) groups is 1. The first-order valence-corrected chi connectivity index (χ1v) is 10.9. The average Bonchev–Trinajstić information content (AvgIpc) is 3.16. The van der Waals surface area contributed by atoms with Crippen LogP contribution >= 0.6 is 34.5 Å². The standard InChI is InChI=1S/C18H13Cl2FN2O3S2/c1-23(13-5-2-11(19)3-6-13)28(25,26)16-8-9-27-17(16)18(24)22-12-4-7-15(21)14(20)10-12/h2-10H,1H3,(H,22,24). The summed E-state index contributed by atoms with van der Waals surface area (Å²) in [6.45, 7) is 0. The van der Waals surface area contributed by atoms with Gasteiger partial charge in [-0.1, -0.05) is 23.2 Å². The number of halogens is 3. The van der Waals surface area contributed by atoms with Crippen LogP contribution in [0.15, 0.2) is 58.8 Å². The number of benzene rings is 2. The van der Waals surface area contributed by atoms with Crippen molar-refractivity contribution in [1.29, 1.82) is 0 Å². The van der Waals surface area contributed by atoms with Crippen LogP contribution in [0.4, 0.5) is 15.8 Å². The Morgan fingerprint density at radius 3 is 2.43 bits per heavy atom. The quantitative estimate of drug-likeness (QED) is 0.565. The molecule has 0 aliphatic rings. The Hall–Kier alpha value is -2.13. The predicted molar refractivity (Wildman–Crippen MR) is 111 cm³/mol. The minimum absolute atomic E-state index is 0.00117. The Bertz CT molecular complexity index is 1130. The van der Waals surface area contributed by atoms with Crippen molar-refractivity contribution in [2.45, 2.75) is 4.90 Å². The second-order valence-corrected chi connectivity index (χ2v) is 9.34. The van der Waals surface area contributed by atoms with Crippen molar-refractivity contribution in [1.82, 2.24) is 0 Å². The molecule has 10 heteroatoms. The molecular formula is C18H13Cl2FN2O3S2. The first-order valence-electron chi connectivity index (χ1n) is 7.78. The summed E-state index contributed by atoms with van der Waals surface area (Å²) in [4.78, 5) is 12.5.